The number of likely N-dealkylation sites (N-methyl/N-ethyl adjacent to an activating group) is 1. The second-order valence-corrected chi connectivity index (χ2v) is 7.83. The number of carbonyl (C=O) groups excluding carboxylic acids is 1. The van der Waals surface area contributed by atoms with Crippen molar-refractivity contribution in [2.45, 2.75) is 19.6 Å². The molecule has 9 heteroatoms. The van der Waals surface area contributed by atoms with Gasteiger partial charge in [-0.2, -0.15) is 5.10 Å². The number of halogens is 1. The zero-order valence-corrected chi connectivity index (χ0v) is 18.3. The van der Waals surface area contributed by atoms with Gasteiger partial charge in [0.05, 0.1) is 55.6 Å². The Morgan fingerprint density at radius 2 is 2.23 bits per heavy atom. The van der Waals surface area contributed by atoms with Crippen molar-refractivity contribution in [1.82, 2.24) is 19.7 Å². The molecule has 164 valence electrons. The summed E-state index contributed by atoms with van der Waals surface area (Å²) in [6, 6.07) is 7.41. The Balaban J connectivity index is 1.70. The van der Waals surface area contributed by atoms with E-state index in [4.69, 9.17) is 25.8 Å². The van der Waals surface area contributed by atoms with Gasteiger partial charge in [-0.15, -0.1) is 0 Å². The largest absolute Gasteiger partial charge is 0.462 e. The van der Waals surface area contributed by atoms with Gasteiger partial charge in [-0.3, -0.25) is 9.88 Å². The fourth-order valence-electron chi connectivity index (χ4n) is 3.71. The van der Waals surface area contributed by atoms with Gasteiger partial charge in [-0.25, -0.2) is 9.48 Å². The standard InChI is InChI=1S/C22H25ClN4O4/c1-3-30-22(28)18-11-25-27(20-6-7-24-19-10-15(23)4-5-17(19)20)21(18)13-26(2)12-16-14-29-8-9-31-16/h4-7,10-11,16H,3,8-9,12-14H2,1-2H3. The van der Waals surface area contributed by atoms with Crippen molar-refractivity contribution in [3.8, 4) is 5.69 Å². The van der Waals surface area contributed by atoms with Gasteiger partial charge in [0, 0.05) is 29.7 Å². The SMILES string of the molecule is CCOC(=O)c1cnn(-c2ccnc3cc(Cl)ccc23)c1CN(C)CC1COCCO1. The lowest BCUT2D eigenvalue weighted by atomic mass is 10.1. The number of hydrogen-bond acceptors (Lipinski definition) is 7. The van der Waals surface area contributed by atoms with Crippen molar-refractivity contribution in [1.29, 1.82) is 0 Å². The lowest BCUT2D eigenvalue weighted by Crippen LogP contribution is -2.38. The molecule has 3 heterocycles. The summed E-state index contributed by atoms with van der Waals surface area (Å²) in [5, 5.41) is 6.03. The summed E-state index contributed by atoms with van der Waals surface area (Å²) in [4.78, 5) is 19.1. The number of esters is 1. The minimum atomic E-state index is -0.393. The van der Waals surface area contributed by atoms with Gasteiger partial charge in [-0.05, 0) is 38.2 Å². The normalized spacial score (nSPS) is 16.7. The molecule has 3 aromatic rings. The van der Waals surface area contributed by atoms with E-state index in [1.54, 1.807) is 24.0 Å². The third kappa shape index (κ3) is 4.88. The summed E-state index contributed by atoms with van der Waals surface area (Å²) >= 11 is 6.14. The van der Waals surface area contributed by atoms with E-state index in [0.29, 0.717) is 50.1 Å². The first-order valence-electron chi connectivity index (χ1n) is 10.2. The first kappa shape index (κ1) is 21.7. The molecule has 1 unspecified atom stereocenters. The zero-order valence-electron chi connectivity index (χ0n) is 17.6. The minimum absolute atomic E-state index is 0.00920. The van der Waals surface area contributed by atoms with Crippen molar-refractivity contribution in [2.24, 2.45) is 0 Å². The van der Waals surface area contributed by atoms with E-state index in [9.17, 15) is 4.79 Å². The van der Waals surface area contributed by atoms with Crippen molar-refractivity contribution in [3.05, 3.63) is 52.9 Å². The highest BCUT2D eigenvalue weighted by Crippen LogP contribution is 2.26. The molecule has 2 aromatic heterocycles. The molecule has 0 bridgehead atoms. The number of hydrogen-bond donors (Lipinski definition) is 0. The predicted octanol–water partition coefficient (Wildman–Crippen LogP) is 3.10. The van der Waals surface area contributed by atoms with Crippen LogP contribution in [0.4, 0.5) is 0 Å². The highest BCUT2D eigenvalue weighted by molar-refractivity contribution is 6.31. The molecule has 1 aliphatic rings. The van der Waals surface area contributed by atoms with Crippen LogP contribution in [0, 0.1) is 0 Å². The van der Waals surface area contributed by atoms with E-state index >= 15 is 0 Å². The zero-order chi connectivity index (χ0) is 21.8. The third-order valence-corrected chi connectivity index (χ3v) is 5.33. The first-order valence-corrected chi connectivity index (χ1v) is 10.6. The molecule has 1 saturated heterocycles. The molecule has 0 saturated carbocycles. The van der Waals surface area contributed by atoms with Gasteiger partial charge in [0.25, 0.3) is 0 Å². The van der Waals surface area contributed by atoms with E-state index in [-0.39, 0.29) is 6.10 Å². The summed E-state index contributed by atoms with van der Waals surface area (Å²) < 4.78 is 18.3. The molecule has 31 heavy (non-hydrogen) atoms. The van der Waals surface area contributed by atoms with E-state index in [1.165, 1.54) is 0 Å². The van der Waals surface area contributed by atoms with Crippen molar-refractivity contribution in [3.63, 3.8) is 0 Å². The molecule has 0 N–H and O–H groups in total. The smallest absolute Gasteiger partial charge is 0.341 e. The Morgan fingerprint density at radius 3 is 3.00 bits per heavy atom. The number of aromatic nitrogens is 3. The van der Waals surface area contributed by atoms with Crippen LogP contribution in [-0.4, -0.2) is 71.8 Å². The summed E-state index contributed by atoms with van der Waals surface area (Å²) in [5.41, 5.74) is 2.75. The Kier molecular flexibility index (Phi) is 6.82. The van der Waals surface area contributed by atoms with Gasteiger partial charge in [0.15, 0.2) is 0 Å². The maximum atomic E-state index is 12.6. The molecule has 0 aliphatic carbocycles. The van der Waals surface area contributed by atoms with Crippen LogP contribution < -0.4 is 0 Å². The Bertz CT molecular complexity index is 1060. The van der Waals surface area contributed by atoms with Gasteiger partial charge >= 0.3 is 5.97 Å². The number of carbonyl (C=O) groups is 1. The third-order valence-electron chi connectivity index (χ3n) is 5.09. The summed E-state index contributed by atoms with van der Waals surface area (Å²) in [6.45, 7) is 5.00. The minimum Gasteiger partial charge on any atom is -0.462 e. The molecular weight excluding hydrogens is 420 g/mol. The number of nitrogens with zero attached hydrogens (tertiary/aromatic N) is 4. The predicted molar refractivity (Wildman–Crippen MR) is 117 cm³/mol. The average molecular weight is 445 g/mol. The fraction of sp³-hybridized carbons (Fsp3) is 0.409. The maximum Gasteiger partial charge on any atom is 0.341 e. The van der Waals surface area contributed by atoms with E-state index in [1.807, 2.05) is 31.3 Å². The summed E-state index contributed by atoms with van der Waals surface area (Å²) in [7, 11) is 1.98. The van der Waals surface area contributed by atoms with Crippen molar-refractivity contribution >= 4 is 28.5 Å². The van der Waals surface area contributed by atoms with Crippen LogP contribution in [0.3, 0.4) is 0 Å². The second-order valence-electron chi connectivity index (χ2n) is 7.39. The first-order chi connectivity index (χ1) is 15.1. The highest BCUT2D eigenvalue weighted by Gasteiger charge is 2.23. The maximum absolute atomic E-state index is 12.6. The monoisotopic (exact) mass is 444 g/mol. The van der Waals surface area contributed by atoms with Crippen LogP contribution in [0.5, 0.6) is 0 Å². The number of rotatable bonds is 7. The average Bonchev–Trinajstić information content (AvgIpc) is 3.17. The van der Waals surface area contributed by atoms with Crippen LogP contribution >= 0.6 is 11.6 Å². The lowest BCUT2D eigenvalue weighted by molar-refractivity contribution is -0.0963. The Hall–Kier alpha value is -2.52. The molecular formula is C22H25ClN4O4. The molecule has 0 radical (unpaired) electrons. The molecule has 0 spiro atoms. The number of ether oxygens (including phenoxy) is 3. The molecule has 4 rings (SSSR count). The Labute approximate surface area is 185 Å². The van der Waals surface area contributed by atoms with Crippen LogP contribution in [0.2, 0.25) is 5.02 Å². The molecule has 8 nitrogen and oxygen atoms in total. The van der Waals surface area contributed by atoms with Crippen LogP contribution in [0.1, 0.15) is 23.0 Å². The van der Waals surface area contributed by atoms with Gasteiger partial charge in [0.1, 0.15) is 5.56 Å². The van der Waals surface area contributed by atoms with Gasteiger partial charge in [-0.1, -0.05) is 11.6 Å². The van der Waals surface area contributed by atoms with Crippen LogP contribution in [0.25, 0.3) is 16.6 Å². The van der Waals surface area contributed by atoms with Gasteiger partial charge < -0.3 is 14.2 Å². The molecule has 1 atom stereocenters. The van der Waals surface area contributed by atoms with Crippen LogP contribution in [-0.2, 0) is 20.8 Å². The van der Waals surface area contributed by atoms with Crippen molar-refractivity contribution in [2.75, 3.05) is 40.0 Å². The molecule has 1 aliphatic heterocycles. The molecule has 1 fully saturated rings. The molecule has 0 amide bonds. The fourth-order valence-corrected chi connectivity index (χ4v) is 3.88. The van der Waals surface area contributed by atoms with Gasteiger partial charge in [0.2, 0.25) is 0 Å². The topological polar surface area (TPSA) is 78.7 Å². The van der Waals surface area contributed by atoms with Crippen molar-refractivity contribution < 1.29 is 19.0 Å². The second kappa shape index (κ2) is 9.74. The quantitative estimate of drug-likeness (QED) is 0.518. The highest BCUT2D eigenvalue weighted by atomic mass is 35.5. The van der Waals surface area contributed by atoms with Crippen LogP contribution in [0.15, 0.2) is 36.7 Å². The number of benzene rings is 1. The summed E-state index contributed by atoms with van der Waals surface area (Å²) in [6.07, 6.45) is 3.26. The summed E-state index contributed by atoms with van der Waals surface area (Å²) in [5.74, 6) is -0.393. The number of pyridine rings is 1. The van der Waals surface area contributed by atoms with E-state index in [2.05, 4.69) is 15.0 Å². The molecule has 1 aromatic carbocycles. The lowest BCUT2D eigenvalue weighted by Gasteiger charge is -2.27. The van der Waals surface area contributed by atoms with E-state index in [0.717, 1.165) is 22.3 Å². The van der Waals surface area contributed by atoms with E-state index < -0.39 is 5.97 Å². The Morgan fingerprint density at radius 1 is 1.35 bits per heavy atom. The number of fused-ring (bicyclic) bond motifs is 1.